The maximum atomic E-state index is 13.8. The lowest BCUT2D eigenvalue weighted by atomic mass is 9.94. The van der Waals surface area contributed by atoms with E-state index >= 15 is 0 Å². The topological polar surface area (TPSA) is 24.9 Å². The Morgan fingerprint density at radius 3 is 2.62 bits per heavy atom. The van der Waals surface area contributed by atoms with Gasteiger partial charge in [-0.25, -0.2) is 9.37 Å². The fourth-order valence-electron chi connectivity index (χ4n) is 2.64. The molecule has 3 rings (SSSR count). The predicted molar refractivity (Wildman–Crippen MR) is 74.2 cm³/mol. The van der Waals surface area contributed by atoms with E-state index in [2.05, 4.69) is 10.3 Å². The van der Waals surface area contributed by atoms with E-state index in [0.29, 0.717) is 17.5 Å². The van der Waals surface area contributed by atoms with Crippen molar-refractivity contribution >= 4 is 23.3 Å². The molecule has 0 amide bonds. The van der Waals surface area contributed by atoms with Crippen molar-refractivity contribution in [3.05, 3.63) is 41.3 Å². The molecule has 0 saturated carbocycles. The van der Waals surface area contributed by atoms with Crippen LogP contribution in [0.1, 0.15) is 23.6 Å². The van der Waals surface area contributed by atoms with Gasteiger partial charge in [0.05, 0.1) is 0 Å². The molecule has 1 N–H and O–H groups in total. The normalized spacial score (nSPS) is 18.8. The maximum Gasteiger partial charge on any atom is 0.433 e. The number of alkyl halides is 3. The van der Waals surface area contributed by atoms with Crippen molar-refractivity contribution in [2.45, 2.75) is 18.5 Å². The van der Waals surface area contributed by atoms with E-state index in [9.17, 15) is 17.6 Å². The quantitative estimate of drug-likeness (QED) is 0.806. The Morgan fingerprint density at radius 2 is 2.00 bits per heavy atom. The molecule has 0 bridgehead atoms. The van der Waals surface area contributed by atoms with E-state index < -0.39 is 17.7 Å². The number of fused-ring (bicyclic) bond motifs is 1. The van der Waals surface area contributed by atoms with Gasteiger partial charge in [-0.1, -0.05) is 12.1 Å². The third-order valence-electron chi connectivity index (χ3n) is 3.61. The molecule has 2 aromatic rings. The highest BCUT2D eigenvalue weighted by atomic mass is 35.5. The van der Waals surface area contributed by atoms with Crippen LogP contribution < -0.4 is 5.32 Å². The Morgan fingerprint density at radius 1 is 1.24 bits per heavy atom. The predicted octanol–water partition coefficient (Wildman–Crippen LogP) is 3.89. The van der Waals surface area contributed by atoms with Gasteiger partial charge in [0.1, 0.15) is 17.0 Å². The van der Waals surface area contributed by atoms with Crippen LogP contribution in [-0.4, -0.2) is 18.1 Å². The van der Waals surface area contributed by atoms with Crippen molar-refractivity contribution in [1.82, 2.24) is 10.3 Å². The van der Waals surface area contributed by atoms with Gasteiger partial charge >= 0.3 is 6.18 Å². The molecule has 0 aliphatic carbocycles. The summed E-state index contributed by atoms with van der Waals surface area (Å²) in [6, 6.07) is 5.31. The average Bonchev–Trinajstić information content (AvgIpc) is 2.91. The Balaban J connectivity index is 0.00000161. The highest BCUT2D eigenvalue weighted by Gasteiger charge is 2.34. The van der Waals surface area contributed by atoms with Crippen LogP contribution in [0, 0.1) is 5.82 Å². The molecule has 0 spiro atoms. The summed E-state index contributed by atoms with van der Waals surface area (Å²) in [6.07, 6.45) is -3.83. The first-order valence-electron chi connectivity index (χ1n) is 6.34. The molecule has 114 valence electrons. The van der Waals surface area contributed by atoms with E-state index in [1.54, 1.807) is 6.07 Å². The van der Waals surface area contributed by atoms with Crippen LogP contribution in [0.3, 0.4) is 0 Å². The van der Waals surface area contributed by atoms with Crippen LogP contribution in [0.5, 0.6) is 0 Å². The van der Waals surface area contributed by atoms with Crippen molar-refractivity contribution in [2.75, 3.05) is 13.1 Å². The number of pyridine rings is 1. The van der Waals surface area contributed by atoms with Crippen LogP contribution in [0.25, 0.3) is 10.9 Å². The first-order chi connectivity index (χ1) is 9.47. The van der Waals surface area contributed by atoms with E-state index in [0.717, 1.165) is 25.1 Å². The van der Waals surface area contributed by atoms with Gasteiger partial charge < -0.3 is 5.32 Å². The lowest BCUT2D eigenvalue weighted by Gasteiger charge is -2.16. The third kappa shape index (κ3) is 2.96. The minimum absolute atomic E-state index is 0. The summed E-state index contributed by atoms with van der Waals surface area (Å²) in [7, 11) is 0. The number of aromatic nitrogens is 1. The summed E-state index contributed by atoms with van der Waals surface area (Å²) < 4.78 is 52.5. The standard InChI is InChI=1S/C14H12F4N2.ClH/c15-11-3-1-2-9-10(8-4-5-19-7-8)6-12(14(16,17)18)20-13(9)11;/h1-3,6,8,19H,4-5,7H2;1H. The molecule has 1 fully saturated rings. The van der Waals surface area contributed by atoms with Crippen LogP contribution in [0.15, 0.2) is 24.3 Å². The number of nitrogens with zero attached hydrogens (tertiary/aromatic N) is 1. The van der Waals surface area contributed by atoms with Gasteiger partial charge in [0, 0.05) is 11.9 Å². The minimum Gasteiger partial charge on any atom is -0.316 e. The molecule has 1 unspecified atom stereocenters. The van der Waals surface area contributed by atoms with E-state index in [-0.39, 0.29) is 23.8 Å². The second-order valence-electron chi connectivity index (χ2n) is 4.92. The van der Waals surface area contributed by atoms with Crippen LogP contribution in [-0.2, 0) is 6.18 Å². The Bertz CT molecular complexity index is 651. The summed E-state index contributed by atoms with van der Waals surface area (Å²) in [6.45, 7) is 1.36. The number of nitrogens with one attached hydrogen (secondary N) is 1. The van der Waals surface area contributed by atoms with Gasteiger partial charge in [0.15, 0.2) is 0 Å². The van der Waals surface area contributed by atoms with Crippen LogP contribution in [0.4, 0.5) is 17.6 Å². The van der Waals surface area contributed by atoms with Crippen molar-refractivity contribution < 1.29 is 17.6 Å². The fourth-order valence-corrected chi connectivity index (χ4v) is 2.64. The number of halogens is 5. The average molecular weight is 321 g/mol. The van der Waals surface area contributed by atoms with Crippen molar-refractivity contribution in [3.8, 4) is 0 Å². The Hall–Kier alpha value is -1.40. The summed E-state index contributed by atoms with van der Waals surface area (Å²) in [4.78, 5) is 3.46. The molecule has 1 aromatic carbocycles. The number of hydrogen-bond acceptors (Lipinski definition) is 2. The summed E-state index contributed by atoms with van der Waals surface area (Å²) in [5.41, 5.74) is -0.715. The molecule has 7 heteroatoms. The lowest BCUT2D eigenvalue weighted by Crippen LogP contribution is -2.13. The number of para-hydroxylation sites is 1. The first-order valence-corrected chi connectivity index (χ1v) is 6.34. The first kappa shape index (κ1) is 16.0. The zero-order valence-corrected chi connectivity index (χ0v) is 11.7. The summed E-state index contributed by atoms with van der Waals surface area (Å²) in [5, 5.41) is 3.58. The van der Waals surface area contributed by atoms with Gasteiger partial charge in [-0.2, -0.15) is 13.2 Å². The molecule has 2 nitrogen and oxygen atoms in total. The number of benzene rings is 1. The molecule has 21 heavy (non-hydrogen) atoms. The smallest absolute Gasteiger partial charge is 0.316 e. The van der Waals surface area contributed by atoms with Gasteiger partial charge in [0.25, 0.3) is 0 Å². The SMILES string of the molecule is Cl.Fc1cccc2c(C3CCNC3)cc(C(F)(F)F)nc12. The highest BCUT2D eigenvalue weighted by Crippen LogP contribution is 2.35. The number of rotatable bonds is 1. The monoisotopic (exact) mass is 320 g/mol. The molecule has 1 aliphatic heterocycles. The third-order valence-corrected chi connectivity index (χ3v) is 3.61. The maximum absolute atomic E-state index is 13.8. The lowest BCUT2D eigenvalue weighted by molar-refractivity contribution is -0.141. The van der Waals surface area contributed by atoms with E-state index in [1.807, 2.05) is 0 Å². The van der Waals surface area contributed by atoms with Gasteiger partial charge in [-0.05, 0) is 36.6 Å². The molecule has 1 aromatic heterocycles. The molecule has 1 aliphatic rings. The second-order valence-corrected chi connectivity index (χ2v) is 4.92. The van der Waals surface area contributed by atoms with Crippen LogP contribution in [0.2, 0.25) is 0 Å². The Labute approximate surface area is 125 Å². The second kappa shape index (κ2) is 5.77. The molecule has 0 radical (unpaired) electrons. The van der Waals surface area contributed by atoms with Gasteiger partial charge in [-0.15, -0.1) is 12.4 Å². The van der Waals surface area contributed by atoms with Crippen molar-refractivity contribution in [2.24, 2.45) is 0 Å². The fraction of sp³-hybridized carbons (Fsp3) is 0.357. The molecule has 2 heterocycles. The number of hydrogen-bond donors (Lipinski definition) is 1. The van der Waals surface area contributed by atoms with E-state index in [1.165, 1.54) is 6.07 Å². The molecular weight excluding hydrogens is 308 g/mol. The minimum atomic E-state index is -4.57. The van der Waals surface area contributed by atoms with Crippen molar-refractivity contribution in [1.29, 1.82) is 0 Å². The van der Waals surface area contributed by atoms with E-state index in [4.69, 9.17) is 0 Å². The molecule has 1 saturated heterocycles. The van der Waals surface area contributed by atoms with Gasteiger partial charge in [-0.3, -0.25) is 0 Å². The molecular formula is C14H13ClF4N2. The highest BCUT2D eigenvalue weighted by molar-refractivity contribution is 5.85. The summed E-state index contributed by atoms with van der Waals surface area (Å²) >= 11 is 0. The zero-order chi connectivity index (χ0) is 14.3. The Kier molecular flexibility index (Phi) is 4.39. The van der Waals surface area contributed by atoms with Crippen molar-refractivity contribution in [3.63, 3.8) is 0 Å². The zero-order valence-electron chi connectivity index (χ0n) is 10.9. The largest absolute Gasteiger partial charge is 0.433 e. The van der Waals surface area contributed by atoms with Crippen LogP contribution >= 0.6 is 12.4 Å². The molecule has 1 atom stereocenters. The summed E-state index contributed by atoms with van der Waals surface area (Å²) in [5.74, 6) is -0.760. The van der Waals surface area contributed by atoms with Gasteiger partial charge in [0.2, 0.25) is 0 Å².